The molecule has 4 aromatic rings. The molecule has 3 aromatic heterocycles. The van der Waals surface area contributed by atoms with E-state index in [4.69, 9.17) is 9.72 Å². The number of amides is 1. The number of ether oxygens (including phenoxy) is 1. The van der Waals surface area contributed by atoms with E-state index in [0.29, 0.717) is 30.4 Å². The number of anilines is 1. The number of hydrogen-bond acceptors (Lipinski definition) is 8. The molecule has 1 N–H and O–H groups in total. The van der Waals surface area contributed by atoms with Gasteiger partial charge >= 0.3 is 0 Å². The first-order valence-electron chi connectivity index (χ1n) is 11.5. The van der Waals surface area contributed by atoms with E-state index >= 15 is 0 Å². The van der Waals surface area contributed by atoms with Gasteiger partial charge in [-0.1, -0.05) is 6.07 Å². The van der Waals surface area contributed by atoms with Gasteiger partial charge in [0.2, 0.25) is 5.95 Å². The van der Waals surface area contributed by atoms with Gasteiger partial charge in [0.1, 0.15) is 5.41 Å². The molecule has 1 atom stereocenters. The second-order valence-electron chi connectivity index (χ2n) is 9.22. The Morgan fingerprint density at radius 2 is 1.94 bits per heavy atom. The number of hydrogen-bond donors (Lipinski definition) is 1. The Hall–Kier alpha value is -4.42. The number of rotatable bonds is 5. The van der Waals surface area contributed by atoms with Crippen LogP contribution in [0.25, 0.3) is 22.2 Å². The lowest BCUT2D eigenvalue weighted by molar-refractivity contribution is 0.0757. The summed E-state index contributed by atoms with van der Waals surface area (Å²) >= 11 is 0. The summed E-state index contributed by atoms with van der Waals surface area (Å²) in [6.07, 6.45) is 5.25. The van der Waals surface area contributed by atoms with Crippen molar-refractivity contribution in [2.75, 3.05) is 25.6 Å². The van der Waals surface area contributed by atoms with Gasteiger partial charge in [0.25, 0.3) is 5.91 Å². The molecule has 5 rings (SSSR count). The van der Waals surface area contributed by atoms with Crippen LogP contribution in [0.5, 0.6) is 0 Å². The third-order valence-electron chi connectivity index (χ3n) is 6.26. The Bertz CT molecular complexity index is 1490. The van der Waals surface area contributed by atoms with Gasteiger partial charge in [0, 0.05) is 49.2 Å². The van der Waals surface area contributed by atoms with Crippen LogP contribution in [0.2, 0.25) is 0 Å². The van der Waals surface area contributed by atoms with Gasteiger partial charge in [-0.2, -0.15) is 5.26 Å². The van der Waals surface area contributed by atoms with Crippen molar-refractivity contribution in [3.8, 4) is 17.3 Å². The molecule has 180 valence electrons. The minimum Gasteiger partial charge on any atom is -0.375 e. The van der Waals surface area contributed by atoms with Gasteiger partial charge in [-0.05, 0) is 48.4 Å². The summed E-state index contributed by atoms with van der Waals surface area (Å²) in [5.74, 6) is 0.401. The van der Waals surface area contributed by atoms with E-state index in [2.05, 4.69) is 26.3 Å². The number of aromatic nitrogens is 4. The van der Waals surface area contributed by atoms with E-state index in [1.54, 1.807) is 30.7 Å². The molecule has 1 aliphatic heterocycles. The van der Waals surface area contributed by atoms with Crippen molar-refractivity contribution in [3.63, 3.8) is 0 Å². The van der Waals surface area contributed by atoms with Gasteiger partial charge in [-0.15, -0.1) is 0 Å². The maximum absolute atomic E-state index is 12.9. The van der Waals surface area contributed by atoms with Gasteiger partial charge in [-0.25, -0.2) is 15.0 Å². The number of pyridine rings is 2. The molecule has 0 radical (unpaired) electrons. The van der Waals surface area contributed by atoms with E-state index in [0.717, 1.165) is 33.3 Å². The zero-order valence-corrected chi connectivity index (χ0v) is 20.3. The van der Waals surface area contributed by atoms with Crippen LogP contribution in [0, 0.1) is 11.3 Å². The van der Waals surface area contributed by atoms with E-state index < -0.39 is 5.41 Å². The second-order valence-corrected chi connectivity index (χ2v) is 9.22. The van der Waals surface area contributed by atoms with E-state index in [9.17, 15) is 10.1 Å². The number of fused-ring (bicyclic) bond motifs is 2. The first-order chi connectivity index (χ1) is 17.4. The highest BCUT2D eigenvalue weighted by atomic mass is 16.5. The standard InChI is InChI=1S/C27H25N7O2/c1-27(15-28)16-36-14-19-5-4-17(8-22(19)27)25(35)30-13-21-9-24-18(10-29-21)6-7-23(33-24)20-11-31-26(32-12-20)34(2)3/h4-12H,13-14,16H2,1-3H3,(H,30,35)/t27-/m1/s1. The molecule has 1 aliphatic rings. The molecule has 0 saturated heterocycles. The van der Waals surface area contributed by atoms with Crippen molar-refractivity contribution in [1.82, 2.24) is 25.3 Å². The third kappa shape index (κ3) is 4.46. The Morgan fingerprint density at radius 3 is 2.69 bits per heavy atom. The molecule has 4 heterocycles. The molecule has 36 heavy (non-hydrogen) atoms. The van der Waals surface area contributed by atoms with Crippen LogP contribution in [0.15, 0.2) is 55.0 Å². The number of nitrogens with one attached hydrogen (secondary N) is 1. The number of carbonyl (C=O) groups excluding carboxylic acids is 1. The van der Waals surface area contributed by atoms with Crippen LogP contribution in [-0.2, 0) is 23.3 Å². The molecule has 0 spiro atoms. The first kappa shape index (κ1) is 23.3. The summed E-state index contributed by atoms with van der Waals surface area (Å²) in [6.45, 7) is 2.83. The van der Waals surface area contributed by atoms with Crippen molar-refractivity contribution in [1.29, 1.82) is 5.26 Å². The molecule has 9 nitrogen and oxygen atoms in total. The van der Waals surface area contributed by atoms with Crippen molar-refractivity contribution in [2.24, 2.45) is 0 Å². The number of carbonyl (C=O) groups is 1. The molecule has 0 bridgehead atoms. The maximum Gasteiger partial charge on any atom is 0.251 e. The Kier molecular flexibility index (Phi) is 6.04. The van der Waals surface area contributed by atoms with Gasteiger partial charge < -0.3 is 15.0 Å². The second kappa shape index (κ2) is 9.32. The number of nitrogens with zero attached hydrogens (tertiary/aromatic N) is 6. The van der Waals surface area contributed by atoms with Gasteiger partial charge in [0.15, 0.2) is 0 Å². The summed E-state index contributed by atoms with van der Waals surface area (Å²) in [5, 5.41) is 13.5. The fraction of sp³-hybridized carbons (Fsp3) is 0.259. The molecule has 0 aliphatic carbocycles. The van der Waals surface area contributed by atoms with Crippen molar-refractivity contribution in [3.05, 3.63) is 77.4 Å². The number of nitriles is 1. The molecular formula is C27H25N7O2. The summed E-state index contributed by atoms with van der Waals surface area (Å²) in [5.41, 5.74) is 4.53. The summed E-state index contributed by atoms with van der Waals surface area (Å²) in [4.78, 5) is 32.7. The Balaban J connectivity index is 1.33. The smallest absolute Gasteiger partial charge is 0.251 e. The summed E-state index contributed by atoms with van der Waals surface area (Å²) in [7, 11) is 3.78. The van der Waals surface area contributed by atoms with Crippen LogP contribution in [0.3, 0.4) is 0 Å². The zero-order valence-electron chi connectivity index (χ0n) is 20.3. The highest BCUT2D eigenvalue weighted by molar-refractivity contribution is 5.94. The van der Waals surface area contributed by atoms with E-state index in [-0.39, 0.29) is 12.5 Å². The SMILES string of the molecule is CN(C)c1ncc(-c2ccc3cnc(CNC(=O)c4ccc5c(c4)[C@](C)(C#N)COC5)cc3n2)cn1. The minimum atomic E-state index is -0.773. The van der Waals surface area contributed by atoms with Crippen LogP contribution in [0.4, 0.5) is 5.95 Å². The predicted octanol–water partition coefficient (Wildman–Crippen LogP) is 3.39. The highest BCUT2D eigenvalue weighted by Gasteiger charge is 2.33. The van der Waals surface area contributed by atoms with Crippen LogP contribution >= 0.6 is 0 Å². The zero-order chi connectivity index (χ0) is 25.3. The van der Waals surface area contributed by atoms with Crippen molar-refractivity contribution < 1.29 is 9.53 Å². The van der Waals surface area contributed by atoms with Gasteiger partial charge in [0.05, 0.1) is 42.7 Å². The highest BCUT2D eigenvalue weighted by Crippen LogP contribution is 2.32. The quantitative estimate of drug-likeness (QED) is 0.463. The lowest BCUT2D eigenvalue weighted by Gasteiger charge is -2.30. The molecule has 1 aromatic carbocycles. The van der Waals surface area contributed by atoms with E-state index in [1.807, 2.05) is 50.2 Å². The van der Waals surface area contributed by atoms with Crippen molar-refractivity contribution >= 4 is 22.8 Å². The van der Waals surface area contributed by atoms with Crippen LogP contribution in [0.1, 0.15) is 34.1 Å². The molecule has 1 amide bonds. The molecule has 0 fully saturated rings. The third-order valence-corrected chi connectivity index (χ3v) is 6.26. The average Bonchev–Trinajstić information content (AvgIpc) is 2.91. The Labute approximate surface area is 208 Å². The summed E-state index contributed by atoms with van der Waals surface area (Å²) < 4.78 is 5.55. The largest absolute Gasteiger partial charge is 0.375 e. The fourth-order valence-corrected chi connectivity index (χ4v) is 4.17. The lowest BCUT2D eigenvalue weighted by Crippen LogP contribution is -2.33. The van der Waals surface area contributed by atoms with Gasteiger partial charge in [-0.3, -0.25) is 9.78 Å². The Morgan fingerprint density at radius 1 is 1.14 bits per heavy atom. The topological polar surface area (TPSA) is 117 Å². The molecule has 0 unspecified atom stereocenters. The monoisotopic (exact) mass is 479 g/mol. The average molecular weight is 480 g/mol. The van der Waals surface area contributed by atoms with Crippen LogP contribution in [-0.4, -0.2) is 46.5 Å². The lowest BCUT2D eigenvalue weighted by atomic mass is 9.79. The molecular weight excluding hydrogens is 454 g/mol. The molecule has 0 saturated carbocycles. The fourth-order valence-electron chi connectivity index (χ4n) is 4.17. The molecule has 9 heteroatoms. The van der Waals surface area contributed by atoms with Crippen LogP contribution < -0.4 is 10.2 Å². The predicted molar refractivity (Wildman–Crippen MR) is 135 cm³/mol. The maximum atomic E-state index is 12.9. The van der Waals surface area contributed by atoms with E-state index in [1.165, 1.54) is 0 Å². The van der Waals surface area contributed by atoms with Crippen molar-refractivity contribution in [2.45, 2.75) is 25.5 Å². The minimum absolute atomic E-state index is 0.230. The first-order valence-corrected chi connectivity index (χ1v) is 11.5. The normalized spacial score (nSPS) is 16.7. The number of benzene rings is 1. The summed E-state index contributed by atoms with van der Waals surface area (Å²) in [6, 6.07) is 13.5.